The molecule has 1 aromatic heterocycles. The quantitative estimate of drug-likeness (QED) is 0.802. The molecule has 1 N–H and O–H groups in total. The van der Waals surface area contributed by atoms with Crippen molar-refractivity contribution in [1.29, 1.82) is 0 Å². The van der Waals surface area contributed by atoms with Crippen molar-refractivity contribution in [3.05, 3.63) is 22.8 Å². The highest BCUT2D eigenvalue weighted by Gasteiger charge is 1.96. The molecule has 0 unspecified atom stereocenters. The largest absolute Gasteiger partial charge is 0.369 e. The van der Waals surface area contributed by atoms with Gasteiger partial charge in [0, 0.05) is 12.7 Å². The van der Waals surface area contributed by atoms with Crippen LogP contribution in [0.5, 0.6) is 0 Å². The number of rotatable bonds is 4. The van der Waals surface area contributed by atoms with Gasteiger partial charge in [-0.2, -0.15) is 0 Å². The third kappa shape index (κ3) is 2.81. The Bertz CT molecular complexity index is 238. The van der Waals surface area contributed by atoms with Crippen LogP contribution in [-0.4, -0.2) is 11.5 Å². The lowest BCUT2D eigenvalue weighted by Gasteiger charge is -2.05. The second kappa shape index (κ2) is 5.14. The van der Waals surface area contributed by atoms with Gasteiger partial charge in [0.1, 0.15) is 5.82 Å². The van der Waals surface area contributed by atoms with Crippen molar-refractivity contribution in [2.24, 2.45) is 0 Å². The fraction of sp³-hybridized carbons (Fsp3) is 0.444. The lowest BCUT2D eigenvalue weighted by atomic mass is 10.3. The van der Waals surface area contributed by atoms with Crippen LogP contribution < -0.4 is 5.32 Å². The van der Waals surface area contributed by atoms with Gasteiger partial charge in [-0.15, -0.1) is 0 Å². The van der Waals surface area contributed by atoms with E-state index in [2.05, 4.69) is 33.2 Å². The number of nitrogens with one attached hydrogen (secondary N) is 1. The number of aromatic nitrogens is 1. The number of halogens is 1. The molecule has 1 aromatic rings. The van der Waals surface area contributed by atoms with Crippen LogP contribution in [0.15, 0.2) is 22.8 Å². The lowest BCUT2D eigenvalue weighted by molar-refractivity contribution is 0.830. The lowest BCUT2D eigenvalue weighted by Crippen LogP contribution is -2.02. The standard InChI is InChI=1S/C9H13BrN2/c1-2-3-6-11-9-8(10)5-4-7-12-9/h4-5,7H,2-3,6H2,1H3,(H,11,12). The Morgan fingerprint density at radius 2 is 2.42 bits per heavy atom. The van der Waals surface area contributed by atoms with Crippen molar-refractivity contribution in [1.82, 2.24) is 4.98 Å². The molecular weight excluding hydrogens is 216 g/mol. The number of pyridine rings is 1. The zero-order valence-corrected chi connectivity index (χ0v) is 8.76. The highest BCUT2D eigenvalue weighted by atomic mass is 79.9. The highest BCUT2D eigenvalue weighted by molar-refractivity contribution is 9.10. The molecule has 0 saturated heterocycles. The summed E-state index contributed by atoms with van der Waals surface area (Å²) in [6, 6.07) is 3.90. The van der Waals surface area contributed by atoms with E-state index in [9.17, 15) is 0 Å². The van der Waals surface area contributed by atoms with Gasteiger partial charge in [0.05, 0.1) is 4.47 Å². The number of hydrogen-bond donors (Lipinski definition) is 1. The van der Waals surface area contributed by atoms with Crippen LogP contribution >= 0.6 is 15.9 Å². The van der Waals surface area contributed by atoms with E-state index in [4.69, 9.17) is 0 Å². The summed E-state index contributed by atoms with van der Waals surface area (Å²) in [5.41, 5.74) is 0. The molecule has 0 amide bonds. The molecule has 0 aliphatic rings. The molecule has 12 heavy (non-hydrogen) atoms. The first-order valence-corrected chi connectivity index (χ1v) is 4.98. The molecule has 3 heteroatoms. The van der Waals surface area contributed by atoms with Crippen LogP contribution in [0.2, 0.25) is 0 Å². The molecule has 0 saturated carbocycles. The molecule has 0 bridgehead atoms. The van der Waals surface area contributed by atoms with Gasteiger partial charge in [0.15, 0.2) is 0 Å². The molecule has 2 nitrogen and oxygen atoms in total. The average Bonchev–Trinajstić information content (AvgIpc) is 2.09. The van der Waals surface area contributed by atoms with Gasteiger partial charge in [0.25, 0.3) is 0 Å². The monoisotopic (exact) mass is 228 g/mol. The Morgan fingerprint density at radius 3 is 3.08 bits per heavy atom. The predicted molar refractivity (Wildman–Crippen MR) is 55.3 cm³/mol. The third-order valence-corrected chi connectivity index (χ3v) is 2.22. The third-order valence-electron chi connectivity index (χ3n) is 1.58. The van der Waals surface area contributed by atoms with E-state index in [0.29, 0.717) is 0 Å². The molecule has 0 atom stereocenters. The maximum Gasteiger partial charge on any atom is 0.140 e. The van der Waals surface area contributed by atoms with Gasteiger partial charge < -0.3 is 5.32 Å². The fourth-order valence-corrected chi connectivity index (χ4v) is 1.29. The van der Waals surface area contributed by atoms with Gasteiger partial charge in [0.2, 0.25) is 0 Å². The van der Waals surface area contributed by atoms with Crippen molar-refractivity contribution < 1.29 is 0 Å². The first-order chi connectivity index (χ1) is 5.84. The van der Waals surface area contributed by atoms with Crippen LogP contribution in [0.3, 0.4) is 0 Å². The van der Waals surface area contributed by atoms with Gasteiger partial charge in [-0.1, -0.05) is 13.3 Å². The minimum absolute atomic E-state index is 0.936. The van der Waals surface area contributed by atoms with Gasteiger partial charge in [-0.3, -0.25) is 0 Å². The second-order valence-electron chi connectivity index (χ2n) is 2.61. The summed E-state index contributed by atoms with van der Waals surface area (Å²) in [5, 5.41) is 3.26. The van der Waals surface area contributed by atoms with Crippen molar-refractivity contribution >= 4 is 21.7 Å². The maximum absolute atomic E-state index is 4.19. The Labute approximate surface area is 81.5 Å². The van der Waals surface area contributed by atoms with Crippen LogP contribution in [-0.2, 0) is 0 Å². The summed E-state index contributed by atoms with van der Waals surface area (Å²) in [5.74, 6) is 0.936. The molecule has 0 spiro atoms. The first kappa shape index (κ1) is 9.52. The Kier molecular flexibility index (Phi) is 4.08. The number of nitrogens with zero attached hydrogens (tertiary/aromatic N) is 1. The van der Waals surface area contributed by atoms with Crippen molar-refractivity contribution in [2.45, 2.75) is 19.8 Å². The van der Waals surface area contributed by atoms with Crippen LogP contribution in [0.1, 0.15) is 19.8 Å². The van der Waals surface area contributed by atoms with Crippen molar-refractivity contribution in [2.75, 3.05) is 11.9 Å². The normalized spacial score (nSPS) is 9.83. The molecule has 0 aliphatic carbocycles. The molecule has 0 fully saturated rings. The number of hydrogen-bond acceptors (Lipinski definition) is 2. The summed E-state index contributed by atoms with van der Waals surface area (Å²) < 4.78 is 1.03. The van der Waals surface area contributed by atoms with E-state index in [1.807, 2.05) is 12.1 Å². The topological polar surface area (TPSA) is 24.9 Å². The maximum atomic E-state index is 4.19. The summed E-state index contributed by atoms with van der Waals surface area (Å²) in [7, 11) is 0. The SMILES string of the molecule is CCCCNc1ncccc1Br. The van der Waals surface area contributed by atoms with Gasteiger partial charge in [-0.25, -0.2) is 4.98 Å². The number of unbranched alkanes of at least 4 members (excludes halogenated alkanes) is 1. The van der Waals surface area contributed by atoms with E-state index in [1.165, 1.54) is 12.8 Å². The smallest absolute Gasteiger partial charge is 0.140 e. The summed E-state index contributed by atoms with van der Waals surface area (Å²) >= 11 is 3.42. The molecule has 0 radical (unpaired) electrons. The van der Waals surface area contributed by atoms with E-state index in [0.717, 1.165) is 16.8 Å². The van der Waals surface area contributed by atoms with Crippen LogP contribution in [0, 0.1) is 0 Å². The average molecular weight is 229 g/mol. The predicted octanol–water partition coefficient (Wildman–Crippen LogP) is 3.06. The molecule has 1 rings (SSSR count). The highest BCUT2D eigenvalue weighted by Crippen LogP contribution is 2.17. The molecule has 0 aromatic carbocycles. The van der Waals surface area contributed by atoms with E-state index in [-0.39, 0.29) is 0 Å². The Balaban J connectivity index is 2.46. The van der Waals surface area contributed by atoms with Crippen LogP contribution in [0.4, 0.5) is 5.82 Å². The van der Waals surface area contributed by atoms with E-state index < -0.39 is 0 Å². The molecular formula is C9H13BrN2. The zero-order valence-electron chi connectivity index (χ0n) is 7.18. The second-order valence-corrected chi connectivity index (χ2v) is 3.47. The summed E-state index contributed by atoms with van der Waals surface area (Å²) in [6.07, 6.45) is 4.18. The van der Waals surface area contributed by atoms with E-state index in [1.54, 1.807) is 6.20 Å². The van der Waals surface area contributed by atoms with E-state index >= 15 is 0 Å². The summed E-state index contributed by atoms with van der Waals surface area (Å²) in [4.78, 5) is 4.19. The number of anilines is 1. The van der Waals surface area contributed by atoms with Crippen LogP contribution in [0.25, 0.3) is 0 Å². The van der Waals surface area contributed by atoms with Gasteiger partial charge >= 0.3 is 0 Å². The van der Waals surface area contributed by atoms with Crippen molar-refractivity contribution in [3.63, 3.8) is 0 Å². The minimum atomic E-state index is 0.936. The zero-order chi connectivity index (χ0) is 8.81. The van der Waals surface area contributed by atoms with Crippen molar-refractivity contribution in [3.8, 4) is 0 Å². The molecule has 1 heterocycles. The molecule has 0 aliphatic heterocycles. The first-order valence-electron chi connectivity index (χ1n) is 4.19. The fourth-order valence-electron chi connectivity index (χ4n) is 0.899. The Hall–Kier alpha value is -0.570. The minimum Gasteiger partial charge on any atom is -0.369 e. The summed E-state index contributed by atoms with van der Waals surface area (Å²) in [6.45, 7) is 3.17. The van der Waals surface area contributed by atoms with Gasteiger partial charge in [-0.05, 0) is 34.5 Å². The Morgan fingerprint density at radius 1 is 1.58 bits per heavy atom. The molecule has 66 valence electrons.